The van der Waals surface area contributed by atoms with Gasteiger partial charge in [-0.2, -0.15) is 5.10 Å². The van der Waals surface area contributed by atoms with E-state index in [-0.39, 0.29) is 0 Å². The number of para-hydroxylation sites is 1. The molecule has 0 radical (unpaired) electrons. The van der Waals surface area contributed by atoms with Crippen molar-refractivity contribution in [2.45, 2.75) is 13.0 Å². The van der Waals surface area contributed by atoms with E-state index in [1.54, 1.807) is 30.3 Å². The van der Waals surface area contributed by atoms with Crippen LogP contribution in [0.2, 0.25) is 0 Å². The molecule has 2 aromatic rings. The lowest BCUT2D eigenvalue weighted by Crippen LogP contribution is -2.46. The molecule has 2 aromatic carbocycles. The third kappa shape index (κ3) is 5.40. The Balaban J connectivity index is 2.14. The maximum absolute atomic E-state index is 12.3. The molecule has 1 amide bonds. The van der Waals surface area contributed by atoms with Crippen LogP contribution in [0.5, 0.6) is 0 Å². The third-order valence-electron chi connectivity index (χ3n) is 3.34. The van der Waals surface area contributed by atoms with Crippen LogP contribution < -0.4 is 9.73 Å². The lowest BCUT2D eigenvalue weighted by atomic mass is 10.2. The summed E-state index contributed by atoms with van der Waals surface area (Å²) < 4.78 is 26.2. The van der Waals surface area contributed by atoms with Crippen molar-refractivity contribution in [1.29, 1.82) is 0 Å². The summed E-state index contributed by atoms with van der Waals surface area (Å²) in [6, 6.07) is 14.9. The van der Waals surface area contributed by atoms with E-state index in [9.17, 15) is 13.2 Å². The van der Waals surface area contributed by atoms with Gasteiger partial charge in [0.2, 0.25) is 10.0 Å². The number of benzene rings is 2. The smallest absolute Gasteiger partial charge is 0.263 e. The van der Waals surface area contributed by atoms with Gasteiger partial charge in [0, 0.05) is 4.47 Å². The molecule has 1 atom stereocenters. The summed E-state index contributed by atoms with van der Waals surface area (Å²) in [7, 11) is -3.63. The Labute approximate surface area is 155 Å². The van der Waals surface area contributed by atoms with Gasteiger partial charge in [0.05, 0.1) is 18.2 Å². The van der Waals surface area contributed by atoms with Gasteiger partial charge in [-0.25, -0.2) is 13.8 Å². The van der Waals surface area contributed by atoms with Crippen molar-refractivity contribution in [3.05, 3.63) is 64.6 Å². The van der Waals surface area contributed by atoms with Gasteiger partial charge in [-0.15, -0.1) is 0 Å². The Morgan fingerprint density at radius 3 is 2.48 bits per heavy atom. The van der Waals surface area contributed by atoms with Crippen molar-refractivity contribution in [2.24, 2.45) is 5.10 Å². The van der Waals surface area contributed by atoms with Gasteiger partial charge in [0.25, 0.3) is 5.91 Å². The SMILES string of the molecule is C[C@@H](C(=O)N/N=C\c1cccc(Br)c1)N(c1ccccc1)S(C)(=O)=O. The van der Waals surface area contributed by atoms with E-state index in [0.717, 1.165) is 20.6 Å². The number of amides is 1. The number of carbonyl (C=O) groups excluding carboxylic acids is 1. The van der Waals surface area contributed by atoms with Gasteiger partial charge in [-0.05, 0) is 36.8 Å². The quantitative estimate of drug-likeness (QED) is 0.572. The molecule has 0 saturated heterocycles. The van der Waals surface area contributed by atoms with Crippen LogP contribution in [0.1, 0.15) is 12.5 Å². The first kappa shape index (κ1) is 19.1. The lowest BCUT2D eigenvalue weighted by molar-refractivity contribution is -0.121. The molecule has 0 aliphatic carbocycles. The minimum absolute atomic E-state index is 0.420. The molecule has 0 aliphatic heterocycles. The third-order valence-corrected chi connectivity index (χ3v) is 5.07. The van der Waals surface area contributed by atoms with Crippen molar-refractivity contribution in [1.82, 2.24) is 5.43 Å². The number of anilines is 1. The van der Waals surface area contributed by atoms with E-state index in [0.29, 0.717) is 5.69 Å². The first-order valence-electron chi connectivity index (χ1n) is 7.42. The molecule has 0 aliphatic rings. The molecule has 0 unspecified atom stereocenters. The number of rotatable bonds is 6. The largest absolute Gasteiger partial charge is 0.271 e. The second-order valence-corrected chi connectivity index (χ2v) is 8.13. The molecule has 25 heavy (non-hydrogen) atoms. The highest BCUT2D eigenvalue weighted by Gasteiger charge is 2.28. The molecule has 0 aromatic heterocycles. The molecular weight excluding hydrogens is 406 g/mol. The Kier molecular flexibility index (Phi) is 6.33. The second-order valence-electron chi connectivity index (χ2n) is 5.36. The molecule has 0 spiro atoms. The molecule has 0 fully saturated rings. The molecule has 6 nitrogen and oxygen atoms in total. The van der Waals surface area contributed by atoms with E-state index in [2.05, 4.69) is 26.5 Å². The fourth-order valence-corrected chi connectivity index (χ4v) is 3.83. The van der Waals surface area contributed by atoms with Crippen LogP contribution >= 0.6 is 15.9 Å². The molecule has 0 bridgehead atoms. The second kappa shape index (κ2) is 8.26. The zero-order valence-electron chi connectivity index (χ0n) is 13.8. The van der Waals surface area contributed by atoms with E-state index in [4.69, 9.17) is 0 Å². The van der Waals surface area contributed by atoms with Crippen LogP contribution in [-0.2, 0) is 14.8 Å². The highest BCUT2D eigenvalue weighted by molar-refractivity contribution is 9.10. The summed E-state index contributed by atoms with van der Waals surface area (Å²) in [4.78, 5) is 12.3. The summed E-state index contributed by atoms with van der Waals surface area (Å²) in [6.45, 7) is 1.51. The van der Waals surface area contributed by atoms with E-state index in [1.807, 2.05) is 24.3 Å². The minimum atomic E-state index is -3.63. The normalized spacial score (nSPS) is 12.8. The maximum atomic E-state index is 12.3. The van der Waals surface area contributed by atoms with Crippen LogP contribution in [-0.4, -0.2) is 32.8 Å². The first-order chi connectivity index (χ1) is 11.8. The van der Waals surface area contributed by atoms with E-state index >= 15 is 0 Å². The molecule has 1 N–H and O–H groups in total. The molecule has 0 heterocycles. The number of halogens is 1. The Hall–Kier alpha value is -2.19. The molecule has 132 valence electrons. The zero-order valence-corrected chi connectivity index (χ0v) is 16.2. The first-order valence-corrected chi connectivity index (χ1v) is 10.1. The predicted octanol–water partition coefficient (Wildman–Crippen LogP) is 2.75. The van der Waals surface area contributed by atoms with Crippen molar-refractivity contribution in [2.75, 3.05) is 10.6 Å². The number of carbonyl (C=O) groups is 1. The summed E-state index contributed by atoms with van der Waals surface area (Å²) >= 11 is 3.35. The predicted molar refractivity (Wildman–Crippen MR) is 103 cm³/mol. The summed E-state index contributed by atoms with van der Waals surface area (Å²) in [5.41, 5.74) is 3.60. The number of nitrogens with zero attached hydrogens (tertiary/aromatic N) is 2. The standard InChI is InChI=1S/C17H18BrN3O3S/c1-13(21(25(2,23)24)16-9-4-3-5-10-16)17(22)20-19-12-14-7-6-8-15(18)11-14/h3-13H,1-2H3,(H,20,22)/b19-12-/t13-/m0/s1. The number of nitrogens with one attached hydrogen (secondary N) is 1. The zero-order chi connectivity index (χ0) is 18.4. The van der Waals surface area contributed by atoms with E-state index in [1.165, 1.54) is 13.1 Å². The number of hydrogen-bond donors (Lipinski definition) is 1. The highest BCUT2D eigenvalue weighted by Crippen LogP contribution is 2.20. The van der Waals surface area contributed by atoms with Gasteiger partial charge in [-0.1, -0.05) is 46.3 Å². The molecule has 2 rings (SSSR count). The molecular formula is C17H18BrN3O3S. The number of hydrazone groups is 1. The Morgan fingerprint density at radius 2 is 1.88 bits per heavy atom. The van der Waals surface area contributed by atoms with Crippen molar-refractivity contribution >= 4 is 43.8 Å². The average Bonchev–Trinajstić information content (AvgIpc) is 2.54. The maximum Gasteiger partial charge on any atom is 0.263 e. The lowest BCUT2D eigenvalue weighted by Gasteiger charge is -2.27. The van der Waals surface area contributed by atoms with Crippen LogP contribution in [0.4, 0.5) is 5.69 Å². The minimum Gasteiger partial charge on any atom is -0.271 e. The fraction of sp³-hybridized carbons (Fsp3) is 0.176. The fourth-order valence-electron chi connectivity index (χ4n) is 2.23. The van der Waals surface area contributed by atoms with Crippen LogP contribution in [0.3, 0.4) is 0 Å². The highest BCUT2D eigenvalue weighted by atomic mass is 79.9. The Bertz CT molecular complexity index is 870. The van der Waals surface area contributed by atoms with Gasteiger partial charge >= 0.3 is 0 Å². The molecule has 0 saturated carbocycles. The van der Waals surface area contributed by atoms with Crippen LogP contribution in [0.15, 0.2) is 64.2 Å². The van der Waals surface area contributed by atoms with E-state index < -0.39 is 22.0 Å². The molecule has 8 heteroatoms. The van der Waals surface area contributed by atoms with Crippen molar-refractivity contribution in [3.8, 4) is 0 Å². The topological polar surface area (TPSA) is 78.8 Å². The average molecular weight is 424 g/mol. The van der Waals surface area contributed by atoms with Gasteiger partial charge in [-0.3, -0.25) is 9.10 Å². The van der Waals surface area contributed by atoms with Crippen LogP contribution in [0, 0.1) is 0 Å². The summed E-state index contributed by atoms with van der Waals surface area (Å²) in [6.07, 6.45) is 2.55. The van der Waals surface area contributed by atoms with Crippen molar-refractivity contribution in [3.63, 3.8) is 0 Å². The number of sulfonamides is 1. The Morgan fingerprint density at radius 1 is 1.20 bits per heavy atom. The van der Waals surface area contributed by atoms with Gasteiger partial charge in [0.15, 0.2) is 0 Å². The number of hydrogen-bond acceptors (Lipinski definition) is 4. The summed E-state index contributed by atoms with van der Waals surface area (Å²) in [5.74, 6) is -0.527. The van der Waals surface area contributed by atoms with Crippen LogP contribution in [0.25, 0.3) is 0 Å². The van der Waals surface area contributed by atoms with Gasteiger partial charge in [0.1, 0.15) is 6.04 Å². The van der Waals surface area contributed by atoms with Crippen molar-refractivity contribution < 1.29 is 13.2 Å². The van der Waals surface area contributed by atoms with Gasteiger partial charge < -0.3 is 0 Å². The monoisotopic (exact) mass is 423 g/mol. The summed E-state index contributed by atoms with van der Waals surface area (Å²) in [5, 5.41) is 3.89.